The first-order valence-corrected chi connectivity index (χ1v) is 12.3. The normalized spacial score (nSPS) is 18.7. The number of benzene rings is 3. The number of ether oxygens (including phenoxy) is 1. The van der Waals surface area contributed by atoms with Gasteiger partial charge in [-0.1, -0.05) is 35.3 Å². The molecule has 2 aliphatic rings. The maximum atomic E-state index is 12.8. The van der Waals surface area contributed by atoms with E-state index in [0.717, 1.165) is 22.6 Å². The minimum absolute atomic E-state index is 0.0313. The lowest BCUT2D eigenvalue weighted by Crippen LogP contribution is -2.23. The molecule has 35 heavy (non-hydrogen) atoms. The maximum Gasteiger partial charge on any atom is 0.286 e. The minimum Gasteiger partial charge on any atom is -0.507 e. The Morgan fingerprint density at radius 1 is 1.06 bits per heavy atom. The zero-order valence-corrected chi connectivity index (χ0v) is 20.8. The molecule has 2 heterocycles. The lowest BCUT2D eigenvalue weighted by molar-refractivity contribution is -0.113. The van der Waals surface area contributed by atoms with Gasteiger partial charge < -0.3 is 9.84 Å². The fourth-order valence-corrected chi connectivity index (χ4v) is 5.08. The number of amidine groups is 1. The van der Waals surface area contributed by atoms with E-state index in [1.54, 1.807) is 30.3 Å². The number of hydrogen-bond donors (Lipinski definition) is 1. The Balaban J connectivity index is 1.48. The third-order valence-corrected chi connectivity index (χ3v) is 7.13. The molecule has 0 saturated heterocycles. The van der Waals surface area contributed by atoms with Crippen LogP contribution >= 0.6 is 35.0 Å². The highest BCUT2D eigenvalue weighted by Gasteiger charge is 2.36. The molecule has 0 spiro atoms. The van der Waals surface area contributed by atoms with Crippen molar-refractivity contribution in [3.63, 3.8) is 0 Å². The van der Waals surface area contributed by atoms with Crippen molar-refractivity contribution < 1.29 is 14.6 Å². The van der Waals surface area contributed by atoms with Gasteiger partial charge in [-0.15, -0.1) is 0 Å². The molecule has 0 radical (unpaired) electrons. The average Bonchev–Trinajstić information content (AvgIpc) is 3.46. The lowest BCUT2D eigenvalue weighted by Gasteiger charge is -2.22. The molecule has 0 saturated carbocycles. The summed E-state index contributed by atoms with van der Waals surface area (Å²) in [6.45, 7) is 0. The predicted molar refractivity (Wildman–Crippen MR) is 141 cm³/mol. The molecule has 3 aromatic carbocycles. The summed E-state index contributed by atoms with van der Waals surface area (Å²) in [5.74, 6) is 0.398. The molecule has 176 valence electrons. The van der Waals surface area contributed by atoms with E-state index in [-0.39, 0.29) is 11.8 Å². The molecule has 1 unspecified atom stereocenters. The SMILES string of the molecule is COc1ccc(C2=NN(C3=NC(=O)/C(=C/c4cc(Cl)ccc4O)S3)C(c3ccc(Cl)cc3)C2)cc1. The van der Waals surface area contributed by atoms with Gasteiger partial charge in [0.2, 0.25) is 0 Å². The summed E-state index contributed by atoms with van der Waals surface area (Å²) < 4.78 is 5.27. The standard InChI is InChI=1S/C26H19Cl2N3O3S/c1-34-20-9-4-15(5-10-20)21-14-22(16-2-6-18(27)7-3-16)31(30-21)26-29-25(33)24(35-26)13-17-12-19(28)8-11-23(17)32/h2-13,22,32H,14H2,1H3/b24-13-. The number of aromatic hydroxyl groups is 1. The van der Waals surface area contributed by atoms with Crippen molar-refractivity contribution in [2.45, 2.75) is 12.5 Å². The van der Waals surface area contributed by atoms with Gasteiger partial charge in [-0.25, -0.2) is 5.01 Å². The van der Waals surface area contributed by atoms with E-state index in [0.29, 0.717) is 32.1 Å². The van der Waals surface area contributed by atoms with Gasteiger partial charge in [0.1, 0.15) is 11.5 Å². The van der Waals surface area contributed by atoms with Crippen LogP contribution in [0.25, 0.3) is 6.08 Å². The van der Waals surface area contributed by atoms with Gasteiger partial charge in [0.05, 0.1) is 23.8 Å². The van der Waals surface area contributed by atoms with E-state index in [9.17, 15) is 9.90 Å². The van der Waals surface area contributed by atoms with E-state index in [2.05, 4.69) is 4.99 Å². The summed E-state index contributed by atoms with van der Waals surface area (Å²) >= 11 is 13.4. The van der Waals surface area contributed by atoms with Crippen molar-refractivity contribution in [3.05, 3.63) is 98.4 Å². The van der Waals surface area contributed by atoms with Crippen molar-refractivity contribution in [3.8, 4) is 11.5 Å². The van der Waals surface area contributed by atoms with Crippen LogP contribution in [-0.2, 0) is 4.79 Å². The molecule has 1 N–H and O–H groups in total. The number of nitrogens with zero attached hydrogens (tertiary/aromatic N) is 3. The van der Waals surface area contributed by atoms with E-state index in [4.69, 9.17) is 33.0 Å². The minimum atomic E-state index is -0.396. The molecule has 6 nitrogen and oxygen atoms in total. The molecule has 1 atom stereocenters. The summed E-state index contributed by atoms with van der Waals surface area (Å²) in [5.41, 5.74) is 3.28. The van der Waals surface area contributed by atoms with Gasteiger partial charge >= 0.3 is 0 Å². The zero-order valence-electron chi connectivity index (χ0n) is 18.5. The second kappa shape index (κ2) is 9.77. The molecule has 0 fully saturated rings. The number of halogens is 2. The Labute approximate surface area is 216 Å². The molecular weight excluding hydrogens is 505 g/mol. The van der Waals surface area contributed by atoms with Gasteiger partial charge in [-0.05, 0) is 83.6 Å². The van der Waals surface area contributed by atoms with Crippen LogP contribution in [0.5, 0.6) is 11.5 Å². The van der Waals surface area contributed by atoms with Crippen molar-refractivity contribution in [1.82, 2.24) is 5.01 Å². The third-order valence-electron chi connectivity index (χ3n) is 5.67. The van der Waals surface area contributed by atoms with Crippen LogP contribution in [0.1, 0.15) is 29.2 Å². The number of aliphatic imine (C=N–C) groups is 1. The van der Waals surface area contributed by atoms with Crippen LogP contribution in [0.3, 0.4) is 0 Å². The van der Waals surface area contributed by atoms with Crippen LogP contribution in [0.4, 0.5) is 0 Å². The maximum absolute atomic E-state index is 12.8. The molecule has 5 rings (SSSR count). The van der Waals surface area contributed by atoms with Crippen molar-refractivity contribution in [2.75, 3.05) is 7.11 Å². The summed E-state index contributed by atoms with van der Waals surface area (Å²) in [6.07, 6.45) is 2.21. The zero-order chi connectivity index (χ0) is 24.5. The quantitative estimate of drug-likeness (QED) is 0.393. The van der Waals surface area contributed by atoms with Crippen LogP contribution in [0.2, 0.25) is 10.0 Å². The van der Waals surface area contributed by atoms with Gasteiger partial charge in [-0.3, -0.25) is 4.79 Å². The Hall–Kier alpha value is -3.26. The van der Waals surface area contributed by atoms with E-state index in [1.807, 2.05) is 48.5 Å². The number of amides is 1. The summed E-state index contributed by atoms with van der Waals surface area (Å²) in [7, 11) is 1.63. The number of rotatable bonds is 4. The molecule has 0 aromatic heterocycles. The Morgan fingerprint density at radius 3 is 2.49 bits per heavy atom. The van der Waals surface area contributed by atoms with Gasteiger partial charge in [0, 0.05) is 22.0 Å². The number of carbonyl (C=O) groups is 1. The van der Waals surface area contributed by atoms with Crippen LogP contribution in [0, 0.1) is 0 Å². The topological polar surface area (TPSA) is 74.5 Å². The number of carbonyl (C=O) groups excluding carboxylic acids is 1. The first kappa shape index (κ1) is 23.5. The van der Waals surface area contributed by atoms with E-state index < -0.39 is 5.91 Å². The Morgan fingerprint density at radius 2 is 1.77 bits per heavy atom. The van der Waals surface area contributed by atoms with Crippen LogP contribution in [-0.4, -0.2) is 34.0 Å². The second-order valence-electron chi connectivity index (χ2n) is 7.90. The number of thioether (sulfide) groups is 1. The van der Waals surface area contributed by atoms with Crippen LogP contribution < -0.4 is 4.74 Å². The first-order valence-electron chi connectivity index (χ1n) is 10.7. The van der Waals surface area contributed by atoms with Crippen LogP contribution in [0.15, 0.2) is 81.7 Å². The monoisotopic (exact) mass is 523 g/mol. The fraction of sp³-hybridized carbons (Fsp3) is 0.115. The van der Waals surface area contributed by atoms with Crippen molar-refractivity contribution in [2.24, 2.45) is 10.1 Å². The van der Waals surface area contributed by atoms with Crippen molar-refractivity contribution in [1.29, 1.82) is 0 Å². The number of phenolic OH excluding ortho intramolecular Hbond substituents is 1. The van der Waals surface area contributed by atoms with E-state index >= 15 is 0 Å². The fourth-order valence-electron chi connectivity index (χ4n) is 3.87. The molecule has 0 bridgehead atoms. The predicted octanol–water partition coefficient (Wildman–Crippen LogP) is 6.53. The molecular formula is C26H19Cl2N3O3S. The highest BCUT2D eigenvalue weighted by molar-refractivity contribution is 8.18. The Bertz CT molecular complexity index is 1390. The third kappa shape index (κ3) is 4.93. The highest BCUT2D eigenvalue weighted by atomic mass is 35.5. The Kier molecular flexibility index (Phi) is 6.56. The van der Waals surface area contributed by atoms with E-state index in [1.165, 1.54) is 17.8 Å². The average molecular weight is 524 g/mol. The summed E-state index contributed by atoms with van der Waals surface area (Å²) in [4.78, 5) is 17.4. The number of hydrazone groups is 1. The van der Waals surface area contributed by atoms with Gasteiger partial charge in [0.25, 0.3) is 5.91 Å². The lowest BCUT2D eigenvalue weighted by atomic mass is 9.98. The first-order chi connectivity index (χ1) is 16.9. The summed E-state index contributed by atoms with van der Waals surface area (Å²) in [6, 6.07) is 19.8. The van der Waals surface area contributed by atoms with Gasteiger partial charge in [0.15, 0.2) is 5.17 Å². The molecule has 1 amide bonds. The number of phenols is 1. The molecule has 2 aliphatic heterocycles. The molecule has 0 aliphatic carbocycles. The van der Waals surface area contributed by atoms with Crippen molar-refractivity contribution >= 4 is 57.8 Å². The van der Waals surface area contributed by atoms with Gasteiger partial charge in [-0.2, -0.15) is 10.1 Å². The smallest absolute Gasteiger partial charge is 0.286 e. The molecule has 3 aromatic rings. The highest BCUT2D eigenvalue weighted by Crippen LogP contribution is 2.40. The number of methoxy groups -OCH3 is 1. The summed E-state index contributed by atoms with van der Waals surface area (Å²) in [5, 5.41) is 18.4. The second-order valence-corrected chi connectivity index (χ2v) is 9.79. The largest absolute Gasteiger partial charge is 0.507 e. The molecule has 9 heteroatoms. The number of hydrogen-bond acceptors (Lipinski definition) is 6.